The second kappa shape index (κ2) is 6.55. The molecule has 2 saturated carbocycles. The molecule has 0 radical (unpaired) electrons. The Bertz CT molecular complexity index is 792. The molecule has 3 aliphatic rings. The van der Waals surface area contributed by atoms with Crippen LogP contribution in [0.1, 0.15) is 52.0 Å². The molecule has 1 aliphatic heterocycles. The highest BCUT2D eigenvalue weighted by atomic mass is 16.6. The van der Waals surface area contributed by atoms with Crippen molar-refractivity contribution in [3.8, 4) is 0 Å². The van der Waals surface area contributed by atoms with Crippen LogP contribution >= 0.6 is 0 Å². The summed E-state index contributed by atoms with van der Waals surface area (Å²) < 4.78 is 16.5. The van der Waals surface area contributed by atoms with Gasteiger partial charge in [-0.1, -0.05) is 13.8 Å². The first-order valence-electron chi connectivity index (χ1n) is 10.1. The molecule has 0 N–H and O–H groups in total. The number of carbonyl (C=O) groups excluding carboxylic acids is 3. The third kappa shape index (κ3) is 2.68. The third-order valence-electron chi connectivity index (χ3n) is 7.71. The summed E-state index contributed by atoms with van der Waals surface area (Å²) in [5.41, 5.74) is -1.03. The van der Waals surface area contributed by atoms with E-state index in [0.717, 1.165) is 18.4 Å². The second-order valence-corrected chi connectivity index (χ2v) is 9.10. The number of esters is 1. The van der Waals surface area contributed by atoms with Crippen molar-refractivity contribution in [2.45, 2.75) is 58.5 Å². The highest BCUT2D eigenvalue weighted by Crippen LogP contribution is 2.66. The molecule has 1 spiro atoms. The molecule has 2 aliphatic carbocycles. The van der Waals surface area contributed by atoms with Gasteiger partial charge in [0.25, 0.3) is 0 Å². The fourth-order valence-corrected chi connectivity index (χ4v) is 5.79. The van der Waals surface area contributed by atoms with Crippen LogP contribution in [0, 0.1) is 22.7 Å². The minimum Gasteiger partial charge on any atom is -0.472 e. The summed E-state index contributed by atoms with van der Waals surface area (Å²) in [7, 11) is 0. The highest BCUT2D eigenvalue weighted by Gasteiger charge is 2.76. The first-order chi connectivity index (χ1) is 13.3. The van der Waals surface area contributed by atoms with Crippen LogP contribution in [0.2, 0.25) is 0 Å². The number of epoxide rings is 1. The summed E-state index contributed by atoms with van der Waals surface area (Å²) in [6.07, 6.45) is 6.22. The van der Waals surface area contributed by atoms with Gasteiger partial charge in [-0.05, 0) is 42.2 Å². The van der Waals surface area contributed by atoms with Crippen LogP contribution in [0.3, 0.4) is 0 Å². The molecule has 2 heterocycles. The van der Waals surface area contributed by atoms with Gasteiger partial charge in [0.2, 0.25) is 0 Å². The van der Waals surface area contributed by atoms with E-state index in [0.29, 0.717) is 25.9 Å². The molecule has 5 atom stereocenters. The van der Waals surface area contributed by atoms with Gasteiger partial charge in [0.05, 0.1) is 19.1 Å². The van der Waals surface area contributed by atoms with Gasteiger partial charge in [-0.2, -0.15) is 0 Å². The molecule has 6 heteroatoms. The van der Waals surface area contributed by atoms with Gasteiger partial charge in [-0.15, -0.1) is 0 Å². The average molecular weight is 388 g/mol. The second-order valence-electron chi connectivity index (χ2n) is 9.10. The Labute approximate surface area is 164 Å². The quantitative estimate of drug-likeness (QED) is 0.569. The number of ether oxygens (including phenoxy) is 2. The molecule has 1 aromatic heterocycles. The highest BCUT2D eigenvalue weighted by molar-refractivity contribution is 5.98. The summed E-state index contributed by atoms with van der Waals surface area (Å²) in [5.74, 6) is -0.770. The van der Waals surface area contributed by atoms with Gasteiger partial charge >= 0.3 is 5.97 Å². The van der Waals surface area contributed by atoms with Crippen LogP contribution in [0.5, 0.6) is 0 Å². The van der Waals surface area contributed by atoms with Gasteiger partial charge in [0.15, 0.2) is 0 Å². The number of rotatable bonds is 5. The monoisotopic (exact) mass is 388 g/mol. The van der Waals surface area contributed by atoms with E-state index in [-0.39, 0.29) is 29.5 Å². The van der Waals surface area contributed by atoms with Crippen molar-refractivity contribution >= 4 is 17.5 Å². The number of hydrogen-bond acceptors (Lipinski definition) is 6. The Morgan fingerprint density at radius 1 is 1.36 bits per heavy atom. The minimum atomic E-state index is -1.06. The van der Waals surface area contributed by atoms with Crippen molar-refractivity contribution < 1.29 is 28.3 Å². The molecular formula is C22H28O6. The molecule has 1 saturated heterocycles. The summed E-state index contributed by atoms with van der Waals surface area (Å²) in [4.78, 5) is 38.4. The molecular weight excluding hydrogens is 360 g/mol. The summed E-state index contributed by atoms with van der Waals surface area (Å²) in [5, 5.41) is 0. The van der Waals surface area contributed by atoms with Gasteiger partial charge in [-0.25, -0.2) is 0 Å². The summed E-state index contributed by atoms with van der Waals surface area (Å²) >= 11 is 0. The van der Waals surface area contributed by atoms with Crippen LogP contribution in [-0.4, -0.2) is 36.4 Å². The normalized spacial score (nSPS) is 39.7. The zero-order valence-electron chi connectivity index (χ0n) is 16.8. The Hall–Kier alpha value is -1.95. The lowest BCUT2D eigenvalue weighted by molar-refractivity contribution is -0.186. The Morgan fingerprint density at radius 3 is 2.71 bits per heavy atom. The molecule has 152 valence electrons. The Balaban J connectivity index is 1.76. The van der Waals surface area contributed by atoms with Gasteiger partial charge < -0.3 is 13.9 Å². The molecule has 0 aromatic carbocycles. The Kier molecular flexibility index (Phi) is 4.53. The van der Waals surface area contributed by atoms with Crippen molar-refractivity contribution in [2.24, 2.45) is 22.7 Å². The molecule has 0 amide bonds. The maximum Gasteiger partial charge on any atom is 0.302 e. The predicted molar refractivity (Wildman–Crippen MR) is 99.4 cm³/mol. The van der Waals surface area contributed by atoms with E-state index >= 15 is 0 Å². The van der Waals surface area contributed by atoms with Crippen molar-refractivity contribution in [3.63, 3.8) is 0 Å². The maximum atomic E-state index is 13.5. The molecule has 1 aromatic rings. The van der Waals surface area contributed by atoms with E-state index < -0.39 is 22.9 Å². The third-order valence-corrected chi connectivity index (χ3v) is 7.71. The van der Waals surface area contributed by atoms with Crippen LogP contribution in [0.15, 0.2) is 23.0 Å². The molecule has 4 rings (SSSR count). The minimum absolute atomic E-state index is 0.0117. The number of hydrogen-bond donors (Lipinski definition) is 0. The lowest BCUT2D eigenvalue weighted by Crippen LogP contribution is -2.67. The number of Topliss-reactive ketones (excluding diaryl/α,β-unsaturated/α-hetero) is 2. The number of fused-ring (bicyclic) bond motifs is 2. The van der Waals surface area contributed by atoms with Crippen molar-refractivity contribution in [2.75, 3.05) is 13.2 Å². The maximum absolute atomic E-state index is 13.5. The van der Waals surface area contributed by atoms with Gasteiger partial charge in [0, 0.05) is 25.7 Å². The van der Waals surface area contributed by atoms with Crippen molar-refractivity contribution in [1.29, 1.82) is 0 Å². The van der Waals surface area contributed by atoms with E-state index in [1.54, 1.807) is 12.5 Å². The van der Waals surface area contributed by atoms with Crippen molar-refractivity contribution in [1.82, 2.24) is 0 Å². The van der Waals surface area contributed by atoms with E-state index in [1.807, 2.05) is 6.07 Å². The summed E-state index contributed by atoms with van der Waals surface area (Å²) in [6.45, 7) is 5.91. The molecule has 28 heavy (non-hydrogen) atoms. The Morgan fingerprint density at radius 2 is 2.11 bits per heavy atom. The molecule has 6 nitrogen and oxygen atoms in total. The van der Waals surface area contributed by atoms with Crippen LogP contribution in [0.25, 0.3) is 0 Å². The molecule has 0 bridgehead atoms. The van der Waals surface area contributed by atoms with E-state index in [1.165, 1.54) is 6.92 Å². The largest absolute Gasteiger partial charge is 0.472 e. The SMILES string of the molecule is CC(=O)OC[C@@]12C(=O)C[C@@H](C)[C@](C)(CCc3ccoc3)[C@H]1C(=O)CC[C@]21CO1. The fourth-order valence-electron chi connectivity index (χ4n) is 5.79. The average Bonchev–Trinajstić information content (AvgIpc) is 3.23. The fraction of sp³-hybridized carbons (Fsp3) is 0.682. The smallest absolute Gasteiger partial charge is 0.302 e. The van der Waals surface area contributed by atoms with E-state index in [9.17, 15) is 14.4 Å². The zero-order chi connectivity index (χ0) is 20.2. The van der Waals surface area contributed by atoms with Gasteiger partial charge in [-0.3, -0.25) is 14.4 Å². The topological polar surface area (TPSA) is 86.1 Å². The summed E-state index contributed by atoms with van der Waals surface area (Å²) in [6, 6.07) is 1.93. The number of furan rings is 1. The first kappa shape index (κ1) is 19.4. The lowest BCUT2D eigenvalue weighted by Gasteiger charge is -2.58. The van der Waals surface area contributed by atoms with Crippen LogP contribution in [-0.2, 0) is 30.3 Å². The van der Waals surface area contributed by atoms with Crippen molar-refractivity contribution in [3.05, 3.63) is 24.2 Å². The number of carbonyl (C=O) groups is 3. The van der Waals surface area contributed by atoms with E-state index in [2.05, 4.69) is 13.8 Å². The standard InChI is InChI=1S/C22H28O6/c1-14-10-18(25)22(13-27-15(2)23)19(17(24)5-8-21(22)12-28-21)20(14,3)7-4-16-6-9-26-11-16/h6,9,11,14,19H,4-5,7-8,10,12-13H2,1-3H3/t14-,19-,20+,21+,22-/m1/s1. The first-order valence-corrected chi connectivity index (χ1v) is 10.1. The lowest BCUT2D eigenvalue weighted by atomic mass is 9.43. The van der Waals surface area contributed by atoms with Gasteiger partial charge in [0.1, 0.15) is 29.2 Å². The van der Waals surface area contributed by atoms with Crippen LogP contribution < -0.4 is 0 Å². The number of ketones is 2. The molecule has 0 unspecified atom stereocenters. The molecule has 3 fully saturated rings. The van der Waals surface area contributed by atoms with Crippen LogP contribution in [0.4, 0.5) is 0 Å². The predicted octanol–water partition coefficient (Wildman–Crippen LogP) is 3.13. The zero-order valence-corrected chi connectivity index (χ0v) is 16.8. The van der Waals surface area contributed by atoms with E-state index in [4.69, 9.17) is 13.9 Å². The number of aryl methyl sites for hydroxylation is 1.